The van der Waals surface area contributed by atoms with Crippen LogP contribution in [0.2, 0.25) is 0 Å². The van der Waals surface area contributed by atoms with Crippen LogP contribution in [-0.2, 0) is 4.74 Å². The summed E-state index contributed by atoms with van der Waals surface area (Å²) in [6.07, 6.45) is -0.751. The fourth-order valence-corrected chi connectivity index (χ4v) is 3.51. The van der Waals surface area contributed by atoms with Crippen molar-refractivity contribution in [3.05, 3.63) is 71.3 Å². The molecule has 9 heteroatoms. The van der Waals surface area contributed by atoms with Gasteiger partial charge in [-0.25, -0.2) is 14.6 Å². The highest BCUT2D eigenvalue weighted by Crippen LogP contribution is 2.44. The molecule has 0 saturated carbocycles. The van der Waals surface area contributed by atoms with Crippen molar-refractivity contribution in [3.8, 4) is 11.1 Å². The van der Waals surface area contributed by atoms with Gasteiger partial charge in [-0.1, -0.05) is 48.5 Å². The van der Waals surface area contributed by atoms with Crippen LogP contribution in [0.1, 0.15) is 39.5 Å². The van der Waals surface area contributed by atoms with Gasteiger partial charge < -0.3 is 20.3 Å². The minimum atomic E-state index is -1.31. The van der Waals surface area contributed by atoms with Crippen LogP contribution in [0.4, 0.5) is 4.79 Å². The Morgan fingerprint density at radius 2 is 1.72 bits per heavy atom. The normalized spacial score (nSPS) is 13.4. The largest absolute Gasteiger partial charge is 0.475 e. The number of fused-ring (bicyclic) bond motifs is 3. The van der Waals surface area contributed by atoms with Crippen molar-refractivity contribution in [2.45, 2.75) is 12.0 Å². The first-order valence-corrected chi connectivity index (χ1v) is 8.96. The second-order valence-electron chi connectivity index (χ2n) is 6.55. The number of ether oxygens (including phenoxy) is 1. The summed E-state index contributed by atoms with van der Waals surface area (Å²) < 4.78 is 5.41. The number of carbonyl (C=O) groups is 2. The second-order valence-corrected chi connectivity index (χ2v) is 6.55. The molecule has 0 radical (unpaired) electrons. The van der Waals surface area contributed by atoms with Gasteiger partial charge in [0.25, 0.3) is 5.82 Å². The Morgan fingerprint density at radius 1 is 1.10 bits per heavy atom. The van der Waals surface area contributed by atoms with Crippen LogP contribution in [0.15, 0.2) is 48.5 Å². The molecule has 4 N–H and O–H groups in total. The second kappa shape index (κ2) is 7.72. The molecule has 0 bridgehead atoms. The number of carboxylic acids is 1. The van der Waals surface area contributed by atoms with Crippen LogP contribution in [0, 0.1) is 0 Å². The predicted molar refractivity (Wildman–Crippen MR) is 101 cm³/mol. The molecule has 4 rings (SSSR count). The minimum Gasteiger partial charge on any atom is -0.475 e. The first-order valence-electron chi connectivity index (χ1n) is 8.96. The maximum Gasteiger partial charge on any atom is 0.407 e. The number of H-pyrrole nitrogens is 1. The summed E-state index contributed by atoms with van der Waals surface area (Å²) in [7, 11) is 0. The summed E-state index contributed by atoms with van der Waals surface area (Å²) in [4.78, 5) is 26.9. The number of aromatic carboxylic acids is 1. The van der Waals surface area contributed by atoms with E-state index in [4.69, 9.17) is 9.84 Å². The summed E-state index contributed by atoms with van der Waals surface area (Å²) in [6, 6.07) is 15.0. The number of carboxylic acid groups (broad SMARTS) is 1. The van der Waals surface area contributed by atoms with E-state index in [9.17, 15) is 14.7 Å². The number of aromatic nitrogens is 3. The number of hydrogen-bond acceptors (Lipinski definition) is 6. The smallest absolute Gasteiger partial charge is 0.407 e. The third-order valence-corrected chi connectivity index (χ3v) is 4.84. The molecule has 1 atom stereocenters. The maximum absolute atomic E-state index is 12.3. The highest BCUT2D eigenvalue weighted by atomic mass is 16.5. The summed E-state index contributed by atoms with van der Waals surface area (Å²) in [5.41, 5.74) is 4.41. The molecule has 148 valence electrons. The lowest BCUT2D eigenvalue weighted by Gasteiger charge is -2.17. The van der Waals surface area contributed by atoms with E-state index in [1.54, 1.807) is 0 Å². The van der Waals surface area contributed by atoms with Gasteiger partial charge in [-0.2, -0.15) is 0 Å². The molecule has 3 aromatic rings. The molecule has 1 aliphatic carbocycles. The molecule has 1 heterocycles. The number of hydrogen-bond donors (Lipinski definition) is 4. The van der Waals surface area contributed by atoms with E-state index >= 15 is 0 Å². The maximum atomic E-state index is 12.3. The average Bonchev–Trinajstić information content (AvgIpc) is 3.34. The fraction of sp³-hybridized carbons (Fsp3) is 0.200. The Hall–Kier alpha value is -3.72. The van der Waals surface area contributed by atoms with E-state index in [1.165, 1.54) is 0 Å². The molecule has 1 amide bonds. The first kappa shape index (κ1) is 18.6. The number of nitrogens with one attached hydrogen (secondary N) is 2. The van der Waals surface area contributed by atoms with E-state index in [1.807, 2.05) is 48.5 Å². The van der Waals surface area contributed by atoms with Crippen molar-refractivity contribution in [2.75, 3.05) is 13.2 Å². The Labute approximate surface area is 165 Å². The number of rotatable bonds is 6. The van der Waals surface area contributed by atoms with Gasteiger partial charge in [0.05, 0.1) is 6.61 Å². The molecule has 0 aliphatic heterocycles. The van der Waals surface area contributed by atoms with Gasteiger partial charge in [0.1, 0.15) is 18.5 Å². The molecular formula is C20H18N4O5. The number of aromatic amines is 1. The predicted octanol–water partition coefficient (Wildman–Crippen LogP) is 2.07. The minimum absolute atomic E-state index is 0.0263. The molecule has 1 aliphatic rings. The first-order chi connectivity index (χ1) is 14.1. The number of benzene rings is 2. The summed E-state index contributed by atoms with van der Waals surface area (Å²) >= 11 is 0. The average molecular weight is 394 g/mol. The van der Waals surface area contributed by atoms with Gasteiger partial charge in [-0.15, -0.1) is 5.10 Å². The number of carbonyl (C=O) groups excluding carboxylic acids is 1. The van der Waals surface area contributed by atoms with Gasteiger partial charge in [0.2, 0.25) is 0 Å². The van der Waals surface area contributed by atoms with Gasteiger partial charge in [-0.3, -0.25) is 5.10 Å². The highest BCUT2D eigenvalue weighted by Gasteiger charge is 2.29. The molecule has 0 spiro atoms. The lowest BCUT2D eigenvalue weighted by Crippen LogP contribution is -2.33. The van der Waals surface area contributed by atoms with E-state index < -0.39 is 30.5 Å². The number of aliphatic hydroxyl groups is 1. The van der Waals surface area contributed by atoms with Gasteiger partial charge in [-0.05, 0) is 22.3 Å². The van der Waals surface area contributed by atoms with E-state index in [-0.39, 0.29) is 18.3 Å². The standard InChI is InChI=1S/C20H18N4O5/c25-9-16(17-22-18(19(26)27)24-23-17)21-20(28)29-10-15-13-7-3-1-5-11(13)12-6-2-4-8-14(12)15/h1-8,15-16,25H,9-10H2,(H,21,28)(H,26,27)(H,22,23,24). The summed E-state index contributed by atoms with van der Waals surface area (Å²) in [6.45, 7) is -0.382. The van der Waals surface area contributed by atoms with Crippen molar-refractivity contribution >= 4 is 12.1 Å². The Kier molecular flexibility index (Phi) is 4.96. The molecule has 0 fully saturated rings. The van der Waals surface area contributed by atoms with E-state index in [0.29, 0.717) is 0 Å². The molecule has 0 saturated heterocycles. The van der Waals surface area contributed by atoms with Crippen LogP contribution in [0.5, 0.6) is 0 Å². The van der Waals surface area contributed by atoms with Crippen molar-refractivity contribution in [3.63, 3.8) is 0 Å². The zero-order valence-corrected chi connectivity index (χ0v) is 15.2. The SMILES string of the molecule is O=C(NC(CO)c1nc(C(=O)O)n[nH]1)OCC1c2ccccc2-c2ccccc21. The third-order valence-electron chi connectivity index (χ3n) is 4.84. The van der Waals surface area contributed by atoms with Crippen molar-refractivity contribution in [1.82, 2.24) is 20.5 Å². The summed E-state index contributed by atoms with van der Waals surface area (Å²) in [5.74, 6) is -1.83. The number of alkyl carbamates (subject to hydrolysis) is 1. The van der Waals surface area contributed by atoms with Gasteiger partial charge in [0.15, 0.2) is 0 Å². The Bertz CT molecular complexity index is 1020. The zero-order chi connectivity index (χ0) is 20.4. The molecule has 9 nitrogen and oxygen atoms in total. The third kappa shape index (κ3) is 3.55. The van der Waals surface area contributed by atoms with Crippen molar-refractivity contribution in [1.29, 1.82) is 0 Å². The van der Waals surface area contributed by atoms with Crippen LogP contribution in [0.3, 0.4) is 0 Å². The molecule has 29 heavy (non-hydrogen) atoms. The number of aliphatic hydroxyl groups excluding tert-OH is 1. The van der Waals surface area contributed by atoms with Crippen LogP contribution in [0.25, 0.3) is 11.1 Å². The van der Waals surface area contributed by atoms with Gasteiger partial charge >= 0.3 is 12.1 Å². The fourth-order valence-electron chi connectivity index (χ4n) is 3.51. The molecule has 1 unspecified atom stereocenters. The number of amides is 1. The molecular weight excluding hydrogens is 376 g/mol. The zero-order valence-electron chi connectivity index (χ0n) is 15.2. The Balaban J connectivity index is 1.45. The Morgan fingerprint density at radius 3 is 2.28 bits per heavy atom. The van der Waals surface area contributed by atoms with Crippen molar-refractivity contribution < 1.29 is 24.5 Å². The number of nitrogens with zero attached hydrogens (tertiary/aromatic N) is 2. The van der Waals surface area contributed by atoms with Gasteiger partial charge in [0, 0.05) is 5.92 Å². The molecule has 2 aromatic carbocycles. The highest BCUT2D eigenvalue weighted by molar-refractivity contribution is 5.83. The lowest BCUT2D eigenvalue weighted by molar-refractivity contribution is 0.0684. The van der Waals surface area contributed by atoms with E-state index in [0.717, 1.165) is 22.3 Å². The monoisotopic (exact) mass is 394 g/mol. The van der Waals surface area contributed by atoms with Crippen LogP contribution < -0.4 is 5.32 Å². The van der Waals surface area contributed by atoms with Crippen LogP contribution >= 0.6 is 0 Å². The molecule has 1 aromatic heterocycles. The quantitative estimate of drug-likeness (QED) is 0.502. The van der Waals surface area contributed by atoms with Crippen LogP contribution in [-0.4, -0.2) is 50.7 Å². The topological polar surface area (TPSA) is 137 Å². The van der Waals surface area contributed by atoms with E-state index in [2.05, 4.69) is 20.5 Å². The van der Waals surface area contributed by atoms with Crippen molar-refractivity contribution in [2.24, 2.45) is 0 Å². The lowest BCUT2D eigenvalue weighted by atomic mass is 9.98. The summed E-state index contributed by atoms with van der Waals surface area (Å²) in [5, 5.41) is 26.8.